The standard InChI is InChI=1S/C16H13F2IN2O/c1-11-14(19)6-7-15(21(11)10-16(17)18)12-2-4-13(5-3-12)22-9-8-20/h2-7,16H,1,9-10H2. The highest BCUT2D eigenvalue weighted by atomic mass is 127. The van der Waals surface area contributed by atoms with Crippen molar-refractivity contribution in [1.82, 2.24) is 4.90 Å². The molecule has 3 nitrogen and oxygen atoms in total. The Bertz CT molecular complexity index is 660. The molecule has 1 aromatic rings. The number of hydrogen-bond donors (Lipinski definition) is 0. The molecular formula is C16H13F2IN2O. The predicted molar refractivity (Wildman–Crippen MR) is 89.5 cm³/mol. The molecule has 2 rings (SSSR count). The molecule has 0 aromatic heterocycles. The maximum Gasteiger partial charge on any atom is 0.256 e. The maximum absolute atomic E-state index is 12.8. The third kappa shape index (κ3) is 3.85. The average molecular weight is 414 g/mol. The van der Waals surface area contributed by atoms with Gasteiger partial charge in [-0.05, 0) is 64.6 Å². The van der Waals surface area contributed by atoms with Gasteiger partial charge in [0.2, 0.25) is 0 Å². The van der Waals surface area contributed by atoms with Crippen molar-refractivity contribution in [2.45, 2.75) is 6.43 Å². The molecule has 0 atom stereocenters. The normalized spacial score (nSPS) is 14.5. The van der Waals surface area contributed by atoms with Gasteiger partial charge in [0.05, 0.1) is 6.54 Å². The highest BCUT2D eigenvalue weighted by Gasteiger charge is 2.22. The van der Waals surface area contributed by atoms with Crippen molar-refractivity contribution in [3.63, 3.8) is 0 Å². The number of rotatable bonds is 5. The number of nitriles is 1. The van der Waals surface area contributed by atoms with Crippen molar-refractivity contribution < 1.29 is 13.5 Å². The first-order valence-corrected chi connectivity index (χ1v) is 7.53. The summed E-state index contributed by atoms with van der Waals surface area (Å²) < 4.78 is 31.7. The fourth-order valence-corrected chi connectivity index (χ4v) is 2.52. The summed E-state index contributed by atoms with van der Waals surface area (Å²) in [6, 6.07) is 8.85. The lowest BCUT2D eigenvalue weighted by Gasteiger charge is -2.31. The van der Waals surface area contributed by atoms with Gasteiger partial charge in [0, 0.05) is 15.0 Å². The molecule has 1 aliphatic heterocycles. The second-order valence-electron chi connectivity index (χ2n) is 4.49. The highest BCUT2D eigenvalue weighted by Crippen LogP contribution is 2.34. The van der Waals surface area contributed by atoms with Crippen molar-refractivity contribution in [3.05, 3.63) is 57.8 Å². The molecule has 0 amide bonds. The zero-order valence-electron chi connectivity index (χ0n) is 11.6. The Kier molecular flexibility index (Phi) is 5.55. The largest absolute Gasteiger partial charge is 0.479 e. The van der Waals surface area contributed by atoms with Gasteiger partial charge < -0.3 is 9.64 Å². The molecule has 0 N–H and O–H groups in total. The molecule has 114 valence electrons. The van der Waals surface area contributed by atoms with Gasteiger partial charge in [-0.25, -0.2) is 8.78 Å². The van der Waals surface area contributed by atoms with Gasteiger partial charge in [-0.15, -0.1) is 0 Å². The Labute approximate surface area is 141 Å². The minimum Gasteiger partial charge on any atom is -0.479 e. The first-order valence-electron chi connectivity index (χ1n) is 6.45. The van der Waals surface area contributed by atoms with Crippen LogP contribution in [0.15, 0.2) is 52.3 Å². The molecule has 0 aliphatic carbocycles. The molecule has 0 saturated carbocycles. The fourth-order valence-electron chi connectivity index (χ4n) is 2.05. The monoisotopic (exact) mass is 414 g/mol. The van der Waals surface area contributed by atoms with E-state index >= 15 is 0 Å². The summed E-state index contributed by atoms with van der Waals surface area (Å²) in [6.07, 6.45) is 1.19. The van der Waals surface area contributed by atoms with Crippen LogP contribution in [-0.2, 0) is 0 Å². The van der Waals surface area contributed by atoms with Crippen LogP contribution in [0.2, 0.25) is 0 Å². The van der Waals surface area contributed by atoms with Gasteiger partial charge in [0.1, 0.15) is 11.8 Å². The fraction of sp³-hybridized carbons (Fsp3) is 0.188. The molecule has 0 radical (unpaired) electrons. The molecule has 22 heavy (non-hydrogen) atoms. The van der Waals surface area contributed by atoms with E-state index in [1.807, 2.05) is 12.1 Å². The number of benzene rings is 1. The van der Waals surface area contributed by atoms with Crippen LogP contribution < -0.4 is 4.74 Å². The summed E-state index contributed by atoms with van der Waals surface area (Å²) >= 11 is 2.07. The summed E-state index contributed by atoms with van der Waals surface area (Å²) in [5.74, 6) is 0.561. The third-order valence-corrected chi connectivity index (χ3v) is 4.04. The molecule has 0 fully saturated rings. The Morgan fingerprint density at radius 3 is 2.55 bits per heavy atom. The van der Waals surface area contributed by atoms with Gasteiger partial charge in [-0.2, -0.15) is 5.26 Å². The molecule has 6 heteroatoms. The number of halogens is 3. The van der Waals surface area contributed by atoms with E-state index in [1.165, 1.54) is 4.90 Å². The van der Waals surface area contributed by atoms with Gasteiger partial charge in [-0.1, -0.05) is 6.58 Å². The van der Waals surface area contributed by atoms with E-state index in [1.54, 1.807) is 30.3 Å². The number of ether oxygens (including phenoxy) is 1. The zero-order valence-corrected chi connectivity index (χ0v) is 13.8. The second-order valence-corrected chi connectivity index (χ2v) is 5.65. The predicted octanol–water partition coefficient (Wildman–Crippen LogP) is 4.34. The summed E-state index contributed by atoms with van der Waals surface area (Å²) in [6.45, 7) is 3.44. The minimum atomic E-state index is -2.46. The molecule has 0 saturated heterocycles. The lowest BCUT2D eigenvalue weighted by atomic mass is 10.1. The summed E-state index contributed by atoms with van der Waals surface area (Å²) in [5, 5.41) is 8.48. The van der Waals surface area contributed by atoms with Crippen LogP contribution in [0.4, 0.5) is 8.78 Å². The van der Waals surface area contributed by atoms with E-state index in [4.69, 9.17) is 10.00 Å². The Hall–Kier alpha value is -1.88. The molecule has 1 aliphatic rings. The van der Waals surface area contributed by atoms with Gasteiger partial charge in [-0.3, -0.25) is 0 Å². The van der Waals surface area contributed by atoms with Gasteiger partial charge in [0.25, 0.3) is 6.43 Å². The quantitative estimate of drug-likeness (QED) is 0.673. The van der Waals surface area contributed by atoms with E-state index < -0.39 is 13.0 Å². The third-order valence-electron chi connectivity index (χ3n) is 3.05. The van der Waals surface area contributed by atoms with E-state index in [0.29, 0.717) is 17.1 Å². The van der Waals surface area contributed by atoms with Crippen LogP contribution in [0.25, 0.3) is 5.70 Å². The van der Waals surface area contributed by atoms with Crippen LogP contribution in [0.5, 0.6) is 5.75 Å². The van der Waals surface area contributed by atoms with Crippen LogP contribution in [0, 0.1) is 11.3 Å². The number of allylic oxidation sites excluding steroid dienone is 3. The van der Waals surface area contributed by atoms with Crippen molar-refractivity contribution >= 4 is 28.3 Å². The van der Waals surface area contributed by atoms with Crippen molar-refractivity contribution in [2.24, 2.45) is 0 Å². The van der Waals surface area contributed by atoms with Gasteiger partial charge >= 0.3 is 0 Å². The van der Waals surface area contributed by atoms with E-state index in [2.05, 4.69) is 29.2 Å². The van der Waals surface area contributed by atoms with Crippen LogP contribution in [0.1, 0.15) is 5.56 Å². The lowest BCUT2D eigenvalue weighted by Crippen LogP contribution is -2.28. The van der Waals surface area contributed by atoms with Crippen molar-refractivity contribution in [3.8, 4) is 11.8 Å². The topological polar surface area (TPSA) is 36.3 Å². The SMILES string of the molecule is C=C1C(I)=CC=C(c2ccc(OCC#N)cc2)N1CC(F)F. The maximum atomic E-state index is 12.8. The molecule has 1 heterocycles. The number of nitrogens with zero attached hydrogens (tertiary/aromatic N) is 2. The van der Waals surface area contributed by atoms with E-state index in [0.717, 1.165) is 9.14 Å². The van der Waals surface area contributed by atoms with E-state index in [-0.39, 0.29) is 6.61 Å². The summed E-state index contributed by atoms with van der Waals surface area (Å²) in [5.41, 5.74) is 2.01. The van der Waals surface area contributed by atoms with Gasteiger partial charge in [0.15, 0.2) is 6.61 Å². The molecule has 0 spiro atoms. The second kappa shape index (κ2) is 7.40. The van der Waals surface area contributed by atoms with Crippen molar-refractivity contribution in [1.29, 1.82) is 5.26 Å². The molecule has 1 aromatic carbocycles. The van der Waals surface area contributed by atoms with Crippen LogP contribution in [-0.4, -0.2) is 24.5 Å². The Balaban J connectivity index is 2.28. The zero-order chi connectivity index (χ0) is 16.1. The number of alkyl halides is 2. The molecule has 0 bridgehead atoms. The average Bonchev–Trinajstić information content (AvgIpc) is 2.50. The number of hydrogen-bond acceptors (Lipinski definition) is 3. The molecular weight excluding hydrogens is 401 g/mol. The Morgan fingerprint density at radius 2 is 1.95 bits per heavy atom. The smallest absolute Gasteiger partial charge is 0.256 e. The van der Waals surface area contributed by atoms with Crippen molar-refractivity contribution in [2.75, 3.05) is 13.2 Å². The Morgan fingerprint density at radius 1 is 1.27 bits per heavy atom. The van der Waals surface area contributed by atoms with E-state index in [9.17, 15) is 8.78 Å². The summed E-state index contributed by atoms with van der Waals surface area (Å²) in [4.78, 5) is 1.51. The highest BCUT2D eigenvalue weighted by molar-refractivity contribution is 14.1. The first kappa shape index (κ1) is 16.5. The first-order chi connectivity index (χ1) is 10.5. The van der Waals surface area contributed by atoms with Crippen LogP contribution >= 0.6 is 22.6 Å². The minimum absolute atomic E-state index is 0.0305. The summed E-state index contributed by atoms with van der Waals surface area (Å²) in [7, 11) is 0. The lowest BCUT2D eigenvalue weighted by molar-refractivity contribution is 0.123. The molecule has 0 unspecified atom stereocenters. The van der Waals surface area contributed by atoms with Crippen LogP contribution in [0.3, 0.4) is 0 Å².